The Kier molecular flexibility index (Phi) is 10.8. The maximum absolute atomic E-state index is 13.0. The third-order valence-corrected chi connectivity index (χ3v) is 5.56. The highest BCUT2D eigenvalue weighted by atomic mass is 16.4. The number of rotatable bonds is 12. The molecule has 184 valence electrons. The number of amides is 3. The van der Waals surface area contributed by atoms with Crippen molar-refractivity contribution in [2.45, 2.75) is 71.6 Å². The smallest absolute Gasteiger partial charge is 0.326 e. The maximum Gasteiger partial charge on any atom is 0.326 e. The Labute approximate surface area is 194 Å². The van der Waals surface area contributed by atoms with Gasteiger partial charge in [-0.1, -0.05) is 46.2 Å². The Morgan fingerprint density at radius 2 is 1.48 bits per heavy atom. The van der Waals surface area contributed by atoms with Gasteiger partial charge in [-0.25, -0.2) is 4.79 Å². The summed E-state index contributed by atoms with van der Waals surface area (Å²) in [6, 6.07) is 2.17. The standard InChI is InChI=1S/C23H36N4O6/c1-6-13(4)19(23(32)33)27-20(29)14(5)25-21(30)17(26-22(31)18(24)12(2)3)11-15-7-9-16(28)10-8-15/h7-10,12-14,17-19,28H,6,11,24H2,1-5H3,(H,25,30)(H,26,31)(H,27,29)(H,32,33). The molecule has 5 unspecified atom stereocenters. The van der Waals surface area contributed by atoms with Gasteiger partial charge in [0.15, 0.2) is 0 Å². The second-order valence-electron chi connectivity index (χ2n) is 8.64. The average molecular weight is 465 g/mol. The van der Waals surface area contributed by atoms with E-state index < -0.39 is 47.9 Å². The van der Waals surface area contributed by atoms with Crippen LogP contribution in [-0.4, -0.2) is 58.1 Å². The van der Waals surface area contributed by atoms with Crippen LogP contribution in [0, 0.1) is 11.8 Å². The van der Waals surface area contributed by atoms with Crippen molar-refractivity contribution in [3.8, 4) is 5.75 Å². The molecule has 0 saturated carbocycles. The van der Waals surface area contributed by atoms with Crippen LogP contribution in [0.3, 0.4) is 0 Å². The third-order valence-electron chi connectivity index (χ3n) is 5.56. The molecule has 0 fully saturated rings. The Bertz CT molecular complexity index is 827. The van der Waals surface area contributed by atoms with E-state index in [1.54, 1.807) is 32.9 Å². The molecule has 1 aromatic rings. The molecule has 0 saturated heterocycles. The summed E-state index contributed by atoms with van der Waals surface area (Å²) in [5.74, 6) is -3.32. The van der Waals surface area contributed by atoms with Crippen molar-refractivity contribution < 1.29 is 29.4 Å². The largest absolute Gasteiger partial charge is 0.508 e. The number of hydrogen-bond donors (Lipinski definition) is 6. The summed E-state index contributed by atoms with van der Waals surface area (Å²) in [5, 5.41) is 26.5. The number of aromatic hydroxyl groups is 1. The summed E-state index contributed by atoms with van der Waals surface area (Å²) < 4.78 is 0. The van der Waals surface area contributed by atoms with Gasteiger partial charge < -0.3 is 31.9 Å². The number of hydrogen-bond acceptors (Lipinski definition) is 6. The highest BCUT2D eigenvalue weighted by Crippen LogP contribution is 2.12. The first kappa shape index (κ1) is 27.9. The summed E-state index contributed by atoms with van der Waals surface area (Å²) in [5.41, 5.74) is 6.57. The monoisotopic (exact) mass is 464 g/mol. The van der Waals surface area contributed by atoms with Crippen LogP contribution in [0.15, 0.2) is 24.3 Å². The molecule has 1 aromatic carbocycles. The molecule has 7 N–H and O–H groups in total. The number of carboxylic acids is 1. The van der Waals surface area contributed by atoms with Crippen LogP contribution in [0.4, 0.5) is 0 Å². The van der Waals surface area contributed by atoms with E-state index in [-0.39, 0.29) is 24.0 Å². The number of phenols is 1. The summed E-state index contributed by atoms with van der Waals surface area (Å²) in [4.78, 5) is 49.4. The third kappa shape index (κ3) is 8.72. The summed E-state index contributed by atoms with van der Waals surface area (Å²) >= 11 is 0. The first-order valence-corrected chi connectivity index (χ1v) is 11.0. The minimum Gasteiger partial charge on any atom is -0.508 e. The lowest BCUT2D eigenvalue weighted by molar-refractivity contribution is -0.143. The number of phenolic OH excluding ortho intramolecular Hbond substituents is 1. The second kappa shape index (κ2) is 12.8. The SMILES string of the molecule is CCC(C)C(NC(=O)C(C)NC(=O)C(Cc1ccc(O)cc1)NC(=O)C(N)C(C)C)C(=O)O. The van der Waals surface area contributed by atoms with E-state index in [1.807, 2.05) is 6.92 Å². The van der Waals surface area contributed by atoms with Crippen LogP contribution in [0.2, 0.25) is 0 Å². The second-order valence-corrected chi connectivity index (χ2v) is 8.64. The Balaban J connectivity index is 2.96. The molecular formula is C23H36N4O6. The number of aliphatic carboxylic acids is 1. The Morgan fingerprint density at radius 1 is 0.909 bits per heavy atom. The van der Waals surface area contributed by atoms with Crippen LogP contribution in [-0.2, 0) is 25.6 Å². The molecule has 0 aliphatic heterocycles. The minimum atomic E-state index is -1.16. The fourth-order valence-electron chi connectivity index (χ4n) is 2.99. The summed E-state index contributed by atoms with van der Waals surface area (Å²) in [6.45, 7) is 8.52. The molecule has 0 aromatic heterocycles. The van der Waals surface area contributed by atoms with Crippen molar-refractivity contribution in [2.24, 2.45) is 17.6 Å². The van der Waals surface area contributed by atoms with Crippen molar-refractivity contribution in [1.29, 1.82) is 0 Å². The minimum absolute atomic E-state index is 0.0604. The molecule has 10 heteroatoms. The predicted octanol–water partition coefficient (Wildman–Crippen LogP) is 0.523. The summed E-state index contributed by atoms with van der Waals surface area (Å²) in [7, 11) is 0. The first-order valence-electron chi connectivity index (χ1n) is 11.0. The lowest BCUT2D eigenvalue weighted by atomic mass is 9.99. The molecule has 3 amide bonds. The number of benzene rings is 1. The highest BCUT2D eigenvalue weighted by Gasteiger charge is 2.30. The number of carbonyl (C=O) groups excluding carboxylic acids is 3. The molecule has 0 heterocycles. The van der Waals surface area contributed by atoms with E-state index in [1.165, 1.54) is 19.1 Å². The van der Waals surface area contributed by atoms with Crippen molar-refractivity contribution in [2.75, 3.05) is 0 Å². The normalized spacial score (nSPS) is 15.6. The zero-order valence-electron chi connectivity index (χ0n) is 19.8. The van der Waals surface area contributed by atoms with Gasteiger partial charge in [0.25, 0.3) is 0 Å². The van der Waals surface area contributed by atoms with Crippen LogP contribution < -0.4 is 21.7 Å². The fourth-order valence-corrected chi connectivity index (χ4v) is 2.99. The van der Waals surface area contributed by atoms with Crippen LogP contribution in [0.5, 0.6) is 5.75 Å². The molecular weight excluding hydrogens is 428 g/mol. The van der Waals surface area contributed by atoms with Gasteiger partial charge in [-0.05, 0) is 36.5 Å². The molecule has 0 spiro atoms. The fraction of sp³-hybridized carbons (Fsp3) is 0.565. The van der Waals surface area contributed by atoms with Gasteiger partial charge in [-0.3, -0.25) is 14.4 Å². The first-order chi connectivity index (χ1) is 15.4. The molecule has 0 aliphatic rings. The topological polar surface area (TPSA) is 171 Å². The number of nitrogens with two attached hydrogens (primary N) is 1. The van der Waals surface area contributed by atoms with Crippen molar-refractivity contribution >= 4 is 23.7 Å². The van der Waals surface area contributed by atoms with Crippen molar-refractivity contribution in [3.63, 3.8) is 0 Å². The molecule has 10 nitrogen and oxygen atoms in total. The van der Waals surface area contributed by atoms with E-state index >= 15 is 0 Å². The van der Waals surface area contributed by atoms with Gasteiger partial charge in [-0.2, -0.15) is 0 Å². The van der Waals surface area contributed by atoms with Crippen molar-refractivity contribution in [3.05, 3.63) is 29.8 Å². The highest BCUT2D eigenvalue weighted by molar-refractivity contribution is 5.94. The average Bonchev–Trinajstić information content (AvgIpc) is 2.76. The van der Waals surface area contributed by atoms with Crippen LogP contribution in [0.1, 0.15) is 46.6 Å². The van der Waals surface area contributed by atoms with E-state index in [9.17, 15) is 29.4 Å². The van der Waals surface area contributed by atoms with Gasteiger partial charge in [0.05, 0.1) is 6.04 Å². The Hall–Kier alpha value is -3.14. The van der Waals surface area contributed by atoms with Gasteiger partial charge >= 0.3 is 5.97 Å². The molecule has 1 rings (SSSR count). The molecule has 5 atom stereocenters. The Morgan fingerprint density at radius 3 is 1.97 bits per heavy atom. The number of carboxylic acid groups (broad SMARTS) is 1. The van der Waals surface area contributed by atoms with Crippen LogP contribution in [0.25, 0.3) is 0 Å². The van der Waals surface area contributed by atoms with E-state index in [0.29, 0.717) is 12.0 Å². The quantitative estimate of drug-likeness (QED) is 0.262. The molecule has 33 heavy (non-hydrogen) atoms. The van der Waals surface area contributed by atoms with Crippen LogP contribution >= 0.6 is 0 Å². The molecule has 0 radical (unpaired) electrons. The van der Waals surface area contributed by atoms with E-state index in [0.717, 1.165) is 0 Å². The maximum atomic E-state index is 13.0. The van der Waals surface area contributed by atoms with Crippen molar-refractivity contribution in [1.82, 2.24) is 16.0 Å². The van der Waals surface area contributed by atoms with Gasteiger partial charge in [0.2, 0.25) is 17.7 Å². The molecule has 0 bridgehead atoms. The molecule has 0 aliphatic carbocycles. The van der Waals surface area contributed by atoms with Gasteiger partial charge in [0.1, 0.15) is 23.9 Å². The number of nitrogens with one attached hydrogen (secondary N) is 3. The zero-order valence-corrected chi connectivity index (χ0v) is 19.8. The van der Waals surface area contributed by atoms with Gasteiger partial charge in [0, 0.05) is 6.42 Å². The lowest BCUT2D eigenvalue weighted by Gasteiger charge is -2.25. The summed E-state index contributed by atoms with van der Waals surface area (Å²) in [6.07, 6.45) is 0.649. The lowest BCUT2D eigenvalue weighted by Crippen LogP contribution is -2.57. The van der Waals surface area contributed by atoms with E-state index in [4.69, 9.17) is 5.73 Å². The van der Waals surface area contributed by atoms with Gasteiger partial charge in [-0.15, -0.1) is 0 Å². The zero-order chi connectivity index (χ0) is 25.3. The predicted molar refractivity (Wildman–Crippen MR) is 123 cm³/mol. The van der Waals surface area contributed by atoms with E-state index in [2.05, 4.69) is 16.0 Å². The number of carbonyl (C=O) groups is 4.